The highest BCUT2D eigenvalue weighted by atomic mass is 32.2. The zero-order chi connectivity index (χ0) is 14.4. The van der Waals surface area contributed by atoms with Gasteiger partial charge in [0.15, 0.2) is 9.84 Å². The molecule has 0 spiro atoms. The minimum absolute atomic E-state index is 0.0758. The molecule has 1 aliphatic rings. The van der Waals surface area contributed by atoms with Crippen molar-refractivity contribution >= 4 is 9.84 Å². The van der Waals surface area contributed by atoms with Crippen LogP contribution in [-0.2, 0) is 9.84 Å². The molecular formula is C15H24N2O2S. The van der Waals surface area contributed by atoms with Crippen molar-refractivity contribution < 1.29 is 8.42 Å². The van der Waals surface area contributed by atoms with Gasteiger partial charge in [-0.25, -0.2) is 8.42 Å². The lowest BCUT2D eigenvalue weighted by Gasteiger charge is -2.20. The average molecular weight is 296 g/mol. The lowest BCUT2D eigenvalue weighted by Crippen LogP contribution is -2.28. The van der Waals surface area contributed by atoms with Crippen LogP contribution in [0.2, 0.25) is 0 Å². The summed E-state index contributed by atoms with van der Waals surface area (Å²) in [5.41, 5.74) is 7.34. The highest BCUT2D eigenvalue weighted by Crippen LogP contribution is 2.16. The number of hydrogen-bond acceptors (Lipinski definition) is 4. The van der Waals surface area contributed by atoms with Gasteiger partial charge in [0.05, 0.1) is 11.5 Å². The monoisotopic (exact) mass is 296 g/mol. The molecule has 1 unspecified atom stereocenters. The van der Waals surface area contributed by atoms with Gasteiger partial charge in [-0.1, -0.05) is 30.3 Å². The largest absolute Gasteiger partial charge is 0.324 e. The predicted molar refractivity (Wildman–Crippen MR) is 82.3 cm³/mol. The van der Waals surface area contributed by atoms with E-state index in [-0.39, 0.29) is 6.04 Å². The molecule has 0 aromatic heterocycles. The topological polar surface area (TPSA) is 63.4 Å². The summed E-state index contributed by atoms with van der Waals surface area (Å²) in [5.74, 6) is 0.644. The molecule has 2 N–H and O–H groups in total. The molecule has 1 heterocycles. The van der Waals surface area contributed by atoms with Gasteiger partial charge in [0.1, 0.15) is 0 Å². The molecular weight excluding hydrogens is 272 g/mol. The lowest BCUT2D eigenvalue weighted by molar-refractivity contribution is 0.285. The number of nitrogens with zero attached hydrogens (tertiary/aromatic N) is 1. The third kappa shape index (κ3) is 4.89. The van der Waals surface area contributed by atoms with E-state index in [1.165, 1.54) is 5.56 Å². The van der Waals surface area contributed by atoms with Gasteiger partial charge in [-0.2, -0.15) is 0 Å². The van der Waals surface area contributed by atoms with Crippen molar-refractivity contribution in [3.05, 3.63) is 35.9 Å². The number of benzene rings is 1. The molecule has 0 bridgehead atoms. The van der Waals surface area contributed by atoms with Gasteiger partial charge in [0.25, 0.3) is 0 Å². The van der Waals surface area contributed by atoms with Crippen LogP contribution in [0, 0.1) is 0 Å². The third-order valence-electron chi connectivity index (χ3n) is 3.87. The van der Waals surface area contributed by atoms with Crippen molar-refractivity contribution in [2.75, 3.05) is 31.1 Å². The normalized spacial score (nSPS) is 21.2. The van der Waals surface area contributed by atoms with Gasteiger partial charge >= 0.3 is 0 Å². The Morgan fingerprint density at radius 1 is 1.15 bits per heavy atom. The molecule has 0 amide bonds. The minimum atomic E-state index is -2.80. The average Bonchev–Trinajstić information content (AvgIpc) is 2.61. The fraction of sp³-hybridized carbons (Fsp3) is 0.600. The van der Waals surface area contributed by atoms with Crippen molar-refractivity contribution in [1.82, 2.24) is 4.90 Å². The first-order chi connectivity index (χ1) is 9.57. The van der Waals surface area contributed by atoms with E-state index in [0.29, 0.717) is 18.1 Å². The zero-order valence-electron chi connectivity index (χ0n) is 11.9. The van der Waals surface area contributed by atoms with Crippen LogP contribution in [0.1, 0.15) is 30.9 Å². The fourth-order valence-electron chi connectivity index (χ4n) is 2.62. The van der Waals surface area contributed by atoms with E-state index < -0.39 is 9.84 Å². The second-order valence-corrected chi connectivity index (χ2v) is 7.81. The number of nitrogens with two attached hydrogens (primary N) is 1. The van der Waals surface area contributed by atoms with Crippen LogP contribution in [0.4, 0.5) is 0 Å². The molecule has 1 aromatic carbocycles. The van der Waals surface area contributed by atoms with E-state index in [1.54, 1.807) is 0 Å². The molecule has 4 nitrogen and oxygen atoms in total. The smallest absolute Gasteiger partial charge is 0.151 e. The van der Waals surface area contributed by atoms with Gasteiger partial charge < -0.3 is 10.6 Å². The second kappa shape index (κ2) is 7.20. The highest BCUT2D eigenvalue weighted by Gasteiger charge is 2.18. The summed E-state index contributed by atoms with van der Waals surface area (Å²) in [6.45, 7) is 2.50. The van der Waals surface area contributed by atoms with Crippen LogP contribution < -0.4 is 5.73 Å². The quantitative estimate of drug-likeness (QED) is 0.896. The molecule has 20 heavy (non-hydrogen) atoms. The van der Waals surface area contributed by atoms with E-state index in [0.717, 1.165) is 32.4 Å². The van der Waals surface area contributed by atoms with Gasteiger partial charge in [-0.3, -0.25) is 0 Å². The Bertz CT molecular complexity index is 502. The van der Waals surface area contributed by atoms with E-state index in [9.17, 15) is 8.42 Å². The van der Waals surface area contributed by atoms with Crippen molar-refractivity contribution in [3.63, 3.8) is 0 Å². The fourth-order valence-corrected chi connectivity index (χ4v) is 3.92. The Morgan fingerprint density at radius 2 is 1.90 bits per heavy atom. The van der Waals surface area contributed by atoms with Crippen LogP contribution >= 0.6 is 0 Å². The summed E-state index contributed by atoms with van der Waals surface area (Å²) in [6.07, 6.45) is 2.70. The van der Waals surface area contributed by atoms with E-state index in [1.807, 2.05) is 18.2 Å². The Labute approximate surface area is 121 Å². The summed E-state index contributed by atoms with van der Waals surface area (Å²) >= 11 is 0. The summed E-state index contributed by atoms with van der Waals surface area (Å²) < 4.78 is 23.1. The third-order valence-corrected chi connectivity index (χ3v) is 5.58. The van der Waals surface area contributed by atoms with E-state index in [4.69, 9.17) is 5.73 Å². The lowest BCUT2D eigenvalue weighted by atomic mass is 10.0. The first-order valence-electron chi connectivity index (χ1n) is 7.30. The van der Waals surface area contributed by atoms with Crippen LogP contribution in [0.3, 0.4) is 0 Å². The maximum absolute atomic E-state index is 11.5. The van der Waals surface area contributed by atoms with Crippen molar-refractivity contribution in [2.45, 2.75) is 25.3 Å². The standard InChI is InChI=1S/C15H24N2O2S/c16-15(14-6-2-1-3-7-14)8-4-9-17-10-5-12-20(18,19)13-11-17/h1-3,6-7,15H,4-5,8-13,16H2. The SMILES string of the molecule is NC(CCCN1CCCS(=O)(=O)CC1)c1ccccc1. The molecule has 0 radical (unpaired) electrons. The van der Waals surface area contributed by atoms with Gasteiger partial charge in [-0.05, 0) is 37.9 Å². The first-order valence-corrected chi connectivity index (χ1v) is 9.12. The zero-order valence-corrected chi connectivity index (χ0v) is 12.7. The van der Waals surface area contributed by atoms with Crippen LogP contribution in [0.15, 0.2) is 30.3 Å². The minimum Gasteiger partial charge on any atom is -0.324 e. The molecule has 0 saturated carbocycles. The Kier molecular flexibility index (Phi) is 5.57. The van der Waals surface area contributed by atoms with Crippen LogP contribution in [0.5, 0.6) is 0 Å². The molecule has 1 saturated heterocycles. The van der Waals surface area contributed by atoms with Crippen molar-refractivity contribution in [3.8, 4) is 0 Å². The van der Waals surface area contributed by atoms with E-state index >= 15 is 0 Å². The molecule has 112 valence electrons. The number of hydrogen-bond donors (Lipinski definition) is 1. The predicted octanol–water partition coefficient (Wildman–Crippen LogP) is 1.59. The van der Waals surface area contributed by atoms with Gasteiger partial charge in [0, 0.05) is 12.6 Å². The van der Waals surface area contributed by atoms with Gasteiger partial charge in [-0.15, -0.1) is 0 Å². The molecule has 0 aliphatic carbocycles. The molecule has 5 heteroatoms. The van der Waals surface area contributed by atoms with E-state index in [2.05, 4.69) is 17.0 Å². The van der Waals surface area contributed by atoms with Crippen molar-refractivity contribution in [1.29, 1.82) is 0 Å². The van der Waals surface area contributed by atoms with Crippen LogP contribution in [-0.4, -0.2) is 44.5 Å². The van der Waals surface area contributed by atoms with Gasteiger partial charge in [0.2, 0.25) is 0 Å². The highest BCUT2D eigenvalue weighted by molar-refractivity contribution is 7.91. The molecule has 1 atom stereocenters. The number of rotatable bonds is 5. The molecule has 1 aliphatic heterocycles. The van der Waals surface area contributed by atoms with Crippen LogP contribution in [0.25, 0.3) is 0 Å². The van der Waals surface area contributed by atoms with Crippen molar-refractivity contribution in [2.24, 2.45) is 5.73 Å². The summed E-state index contributed by atoms with van der Waals surface area (Å²) in [7, 11) is -2.80. The Hall–Kier alpha value is -0.910. The summed E-state index contributed by atoms with van der Waals surface area (Å²) in [5, 5.41) is 0. The molecule has 1 fully saturated rings. The summed E-state index contributed by atoms with van der Waals surface area (Å²) in [4.78, 5) is 2.25. The maximum atomic E-state index is 11.5. The summed E-state index contributed by atoms with van der Waals surface area (Å²) in [6, 6.07) is 10.2. The number of sulfone groups is 1. The second-order valence-electron chi connectivity index (χ2n) is 5.51. The molecule has 2 rings (SSSR count). The Morgan fingerprint density at radius 3 is 2.65 bits per heavy atom. The maximum Gasteiger partial charge on any atom is 0.151 e. The first kappa shape index (κ1) is 15.5. The Balaban J connectivity index is 1.73. The molecule has 1 aromatic rings.